The van der Waals surface area contributed by atoms with Gasteiger partial charge in [0.15, 0.2) is 0 Å². The SMILES string of the molecule is CC(C)(C)c1ccc(C2=Nc3c(ccc4c3CCCC4)C2(C)C)cc1O. The number of benzene rings is 2. The maximum absolute atomic E-state index is 10.6. The lowest BCUT2D eigenvalue weighted by Crippen LogP contribution is -2.26. The number of rotatable bonds is 1. The molecule has 2 nitrogen and oxygen atoms in total. The Kier molecular flexibility index (Phi) is 3.80. The van der Waals surface area contributed by atoms with Crippen LogP contribution in [0.1, 0.15) is 75.3 Å². The summed E-state index contributed by atoms with van der Waals surface area (Å²) in [4.78, 5) is 5.13. The average Bonchev–Trinajstić information content (AvgIpc) is 2.85. The maximum atomic E-state index is 10.6. The van der Waals surface area contributed by atoms with Gasteiger partial charge in [0, 0.05) is 11.0 Å². The minimum Gasteiger partial charge on any atom is -0.508 e. The van der Waals surface area contributed by atoms with Gasteiger partial charge in [-0.1, -0.05) is 58.9 Å². The van der Waals surface area contributed by atoms with E-state index in [1.807, 2.05) is 6.07 Å². The van der Waals surface area contributed by atoms with Crippen LogP contribution in [0.15, 0.2) is 35.3 Å². The van der Waals surface area contributed by atoms with Crippen molar-refractivity contribution in [1.82, 2.24) is 0 Å². The molecule has 26 heavy (non-hydrogen) atoms. The molecule has 0 fully saturated rings. The lowest BCUT2D eigenvalue weighted by Gasteiger charge is -2.25. The van der Waals surface area contributed by atoms with Gasteiger partial charge >= 0.3 is 0 Å². The van der Waals surface area contributed by atoms with E-state index in [0.717, 1.165) is 23.3 Å². The molecule has 0 saturated heterocycles. The molecule has 4 rings (SSSR count). The van der Waals surface area contributed by atoms with Gasteiger partial charge in [-0.05, 0) is 59.4 Å². The number of phenols is 1. The highest BCUT2D eigenvalue weighted by molar-refractivity contribution is 6.12. The van der Waals surface area contributed by atoms with E-state index in [0.29, 0.717) is 5.75 Å². The first kappa shape index (κ1) is 17.3. The first-order valence-electron chi connectivity index (χ1n) is 9.78. The van der Waals surface area contributed by atoms with Crippen LogP contribution in [-0.2, 0) is 23.7 Å². The summed E-state index contributed by atoms with van der Waals surface area (Å²) in [5.74, 6) is 0.367. The zero-order chi connectivity index (χ0) is 18.7. The Morgan fingerprint density at radius 2 is 1.73 bits per heavy atom. The summed E-state index contributed by atoms with van der Waals surface area (Å²) < 4.78 is 0. The molecular weight excluding hydrogens is 318 g/mol. The summed E-state index contributed by atoms with van der Waals surface area (Å²) >= 11 is 0. The topological polar surface area (TPSA) is 32.6 Å². The second-order valence-corrected chi connectivity index (χ2v) is 9.37. The second-order valence-electron chi connectivity index (χ2n) is 9.37. The number of fused-ring (bicyclic) bond motifs is 3. The predicted molar refractivity (Wildman–Crippen MR) is 109 cm³/mol. The van der Waals surface area contributed by atoms with Crippen LogP contribution in [0.3, 0.4) is 0 Å². The monoisotopic (exact) mass is 347 g/mol. The van der Waals surface area contributed by atoms with Gasteiger partial charge in [0.1, 0.15) is 5.75 Å². The molecule has 1 aliphatic carbocycles. The van der Waals surface area contributed by atoms with E-state index in [-0.39, 0.29) is 10.8 Å². The van der Waals surface area contributed by atoms with Crippen molar-refractivity contribution in [3.05, 3.63) is 58.1 Å². The number of aliphatic imine (C=N–C) groups is 1. The molecule has 136 valence electrons. The standard InChI is InChI=1S/C24H29NO/c1-23(2,3)18-12-11-16(14-20(18)26)22-24(4,5)19-13-10-15-8-6-7-9-17(15)21(19)25-22/h10-14,26H,6-9H2,1-5H3. The third-order valence-electron chi connectivity index (χ3n) is 6.07. The van der Waals surface area contributed by atoms with Crippen LogP contribution in [-0.4, -0.2) is 10.8 Å². The molecule has 1 heterocycles. The smallest absolute Gasteiger partial charge is 0.119 e. The molecule has 1 N–H and O–H groups in total. The summed E-state index contributed by atoms with van der Waals surface area (Å²) in [7, 11) is 0. The minimum absolute atomic E-state index is 0.0718. The normalized spacial score (nSPS) is 18.3. The van der Waals surface area contributed by atoms with Crippen LogP contribution in [0.5, 0.6) is 5.75 Å². The fourth-order valence-corrected chi connectivity index (χ4v) is 4.56. The highest BCUT2D eigenvalue weighted by Gasteiger charge is 2.38. The molecule has 1 aliphatic heterocycles. The van der Waals surface area contributed by atoms with Gasteiger partial charge in [-0.15, -0.1) is 0 Å². The van der Waals surface area contributed by atoms with E-state index >= 15 is 0 Å². The van der Waals surface area contributed by atoms with Gasteiger partial charge in [-0.2, -0.15) is 0 Å². The van der Waals surface area contributed by atoms with Crippen molar-refractivity contribution in [3.63, 3.8) is 0 Å². The Bertz CT molecular complexity index is 913. The Balaban J connectivity index is 1.83. The van der Waals surface area contributed by atoms with Crippen LogP contribution in [0.25, 0.3) is 0 Å². The van der Waals surface area contributed by atoms with Gasteiger partial charge in [0.25, 0.3) is 0 Å². The molecule has 0 radical (unpaired) electrons. The van der Waals surface area contributed by atoms with E-state index in [1.165, 1.54) is 41.6 Å². The molecule has 2 aromatic carbocycles. The zero-order valence-corrected chi connectivity index (χ0v) is 16.6. The van der Waals surface area contributed by atoms with Gasteiger partial charge in [-0.3, -0.25) is 4.99 Å². The third-order valence-corrected chi connectivity index (χ3v) is 6.07. The average molecular weight is 348 g/mol. The number of nitrogens with zero attached hydrogens (tertiary/aromatic N) is 1. The van der Waals surface area contributed by atoms with Crippen molar-refractivity contribution in [1.29, 1.82) is 0 Å². The molecule has 0 amide bonds. The summed E-state index contributed by atoms with van der Waals surface area (Å²) in [6.07, 6.45) is 4.86. The fraction of sp³-hybridized carbons (Fsp3) is 0.458. The molecule has 0 saturated carbocycles. The Labute approximate surface area is 157 Å². The van der Waals surface area contributed by atoms with E-state index < -0.39 is 0 Å². The Hall–Kier alpha value is -2.09. The number of aryl methyl sites for hydroxylation is 1. The largest absolute Gasteiger partial charge is 0.508 e. The second kappa shape index (κ2) is 5.70. The van der Waals surface area contributed by atoms with Crippen molar-refractivity contribution in [2.45, 2.75) is 71.1 Å². The molecule has 0 bridgehead atoms. The number of hydrogen-bond donors (Lipinski definition) is 1. The lowest BCUT2D eigenvalue weighted by molar-refractivity contribution is 0.446. The lowest BCUT2D eigenvalue weighted by atomic mass is 9.76. The summed E-state index contributed by atoms with van der Waals surface area (Å²) in [6.45, 7) is 10.9. The summed E-state index contributed by atoms with van der Waals surface area (Å²) in [5.41, 5.74) is 8.31. The number of hydrogen-bond acceptors (Lipinski definition) is 2. The number of phenolic OH excluding ortho intramolecular Hbond substituents is 1. The van der Waals surface area contributed by atoms with Crippen molar-refractivity contribution in [2.24, 2.45) is 4.99 Å². The molecule has 0 spiro atoms. The van der Waals surface area contributed by atoms with Gasteiger partial charge < -0.3 is 5.11 Å². The minimum atomic E-state index is -0.141. The number of aromatic hydroxyl groups is 1. The first-order chi connectivity index (χ1) is 12.2. The van der Waals surface area contributed by atoms with Crippen LogP contribution >= 0.6 is 0 Å². The van der Waals surface area contributed by atoms with Crippen molar-refractivity contribution < 1.29 is 5.11 Å². The van der Waals surface area contributed by atoms with Crippen LogP contribution in [0, 0.1) is 0 Å². The highest BCUT2D eigenvalue weighted by atomic mass is 16.3. The summed E-state index contributed by atoms with van der Waals surface area (Å²) in [6, 6.07) is 10.7. The first-order valence-corrected chi connectivity index (χ1v) is 9.78. The van der Waals surface area contributed by atoms with Crippen molar-refractivity contribution >= 4 is 11.4 Å². The quantitative estimate of drug-likeness (QED) is 0.676. The van der Waals surface area contributed by atoms with Gasteiger partial charge in [-0.25, -0.2) is 0 Å². The van der Waals surface area contributed by atoms with E-state index in [9.17, 15) is 5.11 Å². The van der Waals surface area contributed by atoms with Gasteiger partial charge in [0.2, 0.25) is 0 Å². The van der Waals surface area contributed by atoms with Crippen LogP contribution in [0.2, 0.25) is 0 Å². The molecule has 0 aromatic heterocycles. The van der Waals surface area contributed by atoms with E-state index in [1.54, 1.807) is 0 Å². The Morgan fingerprint density at radius 3 is 2.42 bits per heavy atom. The van der Waals surface area contributed by atoms with Crippen LogP contribution in [0.4, 0.5) is 5.69 Å². The molecule has 2 aromatic rings. The summed E-state index contributed by atoms with van der Waals surface area (Å²) in [5, 5.41) is 10.6. The molecule has 2 aliphatic rings. The molecule has 0 unspecified atom stereocenters. The molecule has 0 atom stereocenters. The maximum Gasteiger partial charge on any atom is 0.119 e. The fourth-order valence-electron chi connectivity index (χ4n) is 4.56. The van der Waals surface area contributed by atoms with E-state index in [2.05, 4.69) is 58.9 Å². The van der Waals surface area contributed by atoms with Crippen LogP contribution < -0.4 is 0 Å². The third kappa shape index (κ3) is 2.58. The predicted octanol–water partition coefficient (Wildman–Crippen LogP) is 5.98. The molecule has 2 heteroatoms. The zero-order valence-electron chi connectivity index (χ0n) is 16.6. The Morgan fingerprint density at radius 1 is 1.00 bits per heavy atom. The molecular formula is C24H29NO. The van der Waals surface area contributed by atoms with Gasteiger partial charge in [0.05, 0.1) is 11.4 Å². The van der Waals surface area contributed by atoms with Crippen molar-refractivity contribution in [3.8, 4) is 5.75 Å². The highest BCUT2D eigenvalue weighted by Crippen LogP contribution is 2.46. The van der Waals surface area contributed by atoms with E-state index in [4.69, 9.17) is 4.99 Å². The van der Waals surface area contributed by atoms with Crippen molar-refractivity contribution in [2.75, 3.05) is 0 Å².